The highest BCUT2D eigenvalue weighted by molar-refractivity contribution is 7.10. The van der Waals surface area contributed by atoms with Crippen molar-refractivity contribution in [3.05, 3.63) is 64.1 Å². The molecular weight excluding hydrogens is 290 g/mol. The Labute approximate surface area is 126 Å². The van der Waals surface area contributed by atoms with Gasteiger partial charge in [-0.25, -0.2) is 4.68 Å². The van der Waals surface area contributed by atoms with Crippen molar-refractivity contribution < 1.29 is 0 Å². The zero-order chi connectivity index (χ0) is 13.9. The van der Waals surface area contributed by atoms with E-state index in [0.29, 0.717) is 5.02 Å². The van der Waals surface area contributed by atoms with Crippen LogP contribution < -0.4 is 5.32 Å². The molecule has 0 bridgehead atoms. The lowest BCUT2D eigenvalue weighted by atomic mass is 10.2. The molecule has 0 saturated carbocycles. The van der Waals surface area contributed by atoms with Gasteiger partial charge in [0, 0.05) is 17.3 Å². The van der Waals surface area contributed by atoms with Gasteiger partial charge in [0.1, 0.15) is 5.69 Å². The molecule has 3 nitrogen and oxygen atoms in total. The predicted octanol–water partition coefficient (Wildman–Crippen LogP) is 4.76. The molecule has 2 heterocycles. The topological polar surface area (TPSA) is 29.9 Å². The van der Waals surface area contributed by atoms with Crippen LogP contribution in [0.2, 0.25) is 5.02 Å². The van der Waals surface area contributed by atoms with Crippen LogP contribution in [0.5, 0.6) is 0 Å². The molecule has 102 valence electrons. The minimum absolute atomic E-state index is 0.225. The maximum absolute atomic E-state index is 6.33. The first-order valence-electron chi connectivity index (χ1n) is 6.34. The molecule has 2 aromatic heterocycles. The minimum atomic E-state index is 0.225. The summed E-state index contributed by atoms with van der Waals surface area (Å²) in [5.74, 6) is 0. The van der Waals surface area contributed by atoms with E-state index in [1.54, 1.807) is 22.2 Å². The van der Waals surface area contributed by atoms with Crippen LogP contribution in [0.25, 0.3) is 5.69 Å². The average Bonchev–Trinajstić information content (AvgIpc) is 3.12. The number of nitrogens with one attached hydrogen (secondary N) is 1. The number of halogens is 1. The summed E-state index contributed by atoms with van der Waals surface area (Å²) in [6.07, 6.45) is 3.64. The Kier molecular flexibility index (Phi) is 3.76. The van der Waals surface area contributed by atoms with Gasteiger partial charge in [0.05, 0.1) is 16.8 Å². The molecule has 0 aliphatic heterocycles. The molecule has 5 heteroatoms. The molecule has 1 N–H and O–H groups in total. The number of aromatic nitrogens is 2. The largest absolute Gasteiger partial charge is 0.376 e. The van der Waals surface area contributed by atoms with Crippen LogP contribution in [0, 0.1) is 0 Å². The van der Waals surface area contributed by atoms with E-state index < -0.39 is 0 Å². The fourth-order valence-electron chi connectivity index (χ4n) is 2.11. The van der Waals surface area contributed by atoms with Crippen molar-refractivity contribution in [2.24, 2.45) is 0 Å². The van der Waals surface area contributed by atoms with Crippen LogP contribution in [0.15, 0.2) is 54.2 Å². The molecule has 1 unspecified atom stereocenters. The third kappa shape index (κ3) is 2.57. The highest BCUT2D eigenvalue weighted by Gasteiger charge is 2.13. The van der Waals surface area contributed by atoms with E-state index in [1.807, 2.05) is 30.5 Å². The van der Waals surface area contributed by atoms with E-state index in [4.69, 9.17) is 11.6 Å². The predicted molar refractivity (Wildman–Crippen MR) is 84.9 cm³/mol. The third-order valence-corrected chi connectivity index (χ3v) is 4.42. The molecule has 0 fully saturated rings. The lowest BCUT2D eigenvalue weighted by Crippen LogP contribution is -2.09. The van der Waals surface area contributed by atoms with Crippen LogP contribution in [-0.4, -0.2) is 9.78 Å². The first-order valence-corrected chi connectivity index (χ1v) is 7.60. The van der Waals surface area contributed by atoms with Crippen molar-refractivity contribution in [1.29, 1.82) is 0 Å². The van der Waals surface area contributed by atoms with Gasteiger partial charge in [-0.05, 0) is 36.6 Å². The normalized spacial score (nSPS) is 12.3. The highest BCUT2D eigenvalue weighted by Crippen LogP contribution is 2.31. The van der Waals surface area contributed by atoms with E-state index >= 15 is 0 Å². The van der Waals surface area contributed by atoms with Crippen molar-refractivity contribution in [2.75, 3.05) is 5.32 Å². The Bertz CT molecular complexity index is 677. The number of hydrogen-bond acceptors (Lipinski definition) is 3. The molecule has 1 atom stereocenters. The summed E-state index contributed by atoms with van der Waals surface area (Å²) < 4.78 is 1.78. The fraction of sp³-hybridized carbons (Fsp3) is 0.133. The Hall–Kier alpha value is -1.78. The second-order valence-corrected chi connectivity index (χ2v) is 5.85. The monoisotopic (exact) mass is 303 g/mol. The number of anilines is 1. The molecule has 0 saturated heterocycles. The van der Waals surface area contributed by atoms with Gasteiger partial charge in [0.25, 0.3) is 0 Å². The van der Waals surface area contributed by atoms with E-state index in [2.05, 4.69) is 34.9 Å². The van der Waals surface area contributed by atoms with Crippen molar-refractivity contribution in [2.45, 2.75) is 13.0 Å². The molecule has 0 aliphatic carbocycles. The molecule has 3 aromatic rings. The summed E-state index contributed by atoms with van der Waals surface area (Å²) in [6, 6.07) is 12.1. The maximum atomic E-state index is 6.33. The molecule has 0 aliphatic rings. The first-order chi connectivity index (χ1) is 9.75. The molecular formula is C15H14ClN3S. The number of nitrogens with zero attached hydrogens (tertiary/aromatic N) is 2. The highest BCUT2D eigenvalue weighted by atomic mass is 35.5. The van der Waals surface area contributed by atoms with E-state index in [1.165, 1.54) is 4.88 Å². The molecule has 1 aromatic carbocycles. The zero-order valence-electron chi connectivity index (χ0n) is 11.0. The van der Waals surface area contributed by atoms with Crippen LogP contribution in [0.3, 0.4) is 0 Å². The van der Waals surface area contributed by atoms with Gasteiger partial charge >= 0.3 is 0 Å². The van der Waals surface area contributed by atoms with Gasteiger partial charge in [-0.2, -0.15) is 5.10 Å². The minimum Gasteiger partial charge on any atom is -0.376 e. The smallest absolute Gasteiger partial charge is 0.106 e. The number of benzene rings is 1. The Balaban J connectivity index is 1.96. The molecule has 20 heavy (non-hydrogen) atoms. The van der Waals surface area contributed by atoms with Gasteiger partial charge in [0.15, 0.2) is 0 Å². The van der Waals surface area contributed by atoms with Gasteiger partial charge in [-0.3, -0.25) is 0 Å². The van der Waals surface area contributed by atoms with Crippen LogP contribution in [-0.2, 0) is 0 Å². The second kappa shape index (κ2) is 5.69. The Morgan fingerprint density at radius 2 is 2.15 bits per heavy atom. The number of rotatable bonds is 4. The zero-order valence-corrected chi connectivity index (χ0v) is 12.5. The van der Waals surface area contributed by atoms with Crippen LogP contribution in [0.4, 0.5) is 5.69 Å². The summed E-state index contributed by atoms with van der Waals surface area (Å²) in [5, 5.41) is 10.5. The summed E-state index contributed by atoms with van der Waals surface area (Å²) in [6.45, 7) is 2.14. The van der Waals surface area contributed by atoms with Gasteiger partial charge in [0.2, 0.25) is 0 Å². The number of thiophene rings is 1. The second-order valence-electron chi connectivity index (χ2n) is 4.47. The first kappa shape index (κ1) is 13.2. The average molecular weight is 304 g/mol. The van der Waals surface area contributed by atoms with Crippen molar-refractivity contribution in [1.82, 2.24) is 9.78 Å². The van der Waals surface area contributed by atoms with Crippen LogP contribution in [0.1, 0.15) is 17.8 Å². The van der Waals surface area contributed by atoms with Gasteiger partial charge in [-0.15, -0.1) is 11.3 Å². The third-order valence-electron chi connectivity index (χ3n) is 3.06. The van der Waals surface area contributed by atoms with Crippen molar-refractivity contribution >= 4 is 28.6 Å². The summed E-state index contributed by atoms with van der Waals surface area (Å²) in [5.41, 5.74) is 1.85. The Morgan fingerprint density at radius 1 is 1.25 bits per heavy atom. The molecule has 0 radical (unpaired) electrons. The molecule has 0 spiro atoms. The van der Waals surface area contributed by atoms with E-state index in [0.717, 1.165) is 11.4 Å². The van der Waals surface area contributed by atoms with Crippen molar-refractivity contribution in [3.8, 4) is 5.69 Å². The van der Waals surface area contributed by atoms with E-state index in [9.17, 15) is 0 Å². The fourth-order valence-corrected chi connectivity index (χ4v) is 3.10. The van der Waals surface area contributed by atoms with Gasteiger partial charge < -0.3 is 5.32 Å². The van der Waals surface area contributed by atoms with Crippen LogP contribution >= 0.6 is 22.9 Å². The van der Waals surface area contributed by atoms with E-state index in [-0.39, 0.29) is 6.04 Å². The Morgan fingerprint density at radius 3 is 2.85 bits per heavy atom. The quantitative estimate of drug-likeness (QED) is 0.753. The van der Waals surface area contributed by atoms with Crippen molar-refractivity contribution in [3.63, 3.8) is 0 Å². The lowest BCUT2D eigenvalue weighted by Gasteiger charge is -2.18. The number of hydrogen-bond donors (Lipinski definition) is 1. The van der Waals surface area contributed by atoms with Gasteiger partial charge in [-0.1, -0.05) is 23.7 Å². The standard InChI is InChI=1S/C15H14ClN3S/c1-11(14-7-3-10-20-14)18-13-6-2-5-12(16)15(13)19-9-4-8-17-19/h2-11,18H,1H3. The summed E-state index contributed by atoms with van der Waals surface area (Å²) >= 11 is 8.07. The molecule has 3 rings (SSSR count). The maximum Gasteiger partial charge on any atom is 0.106 e. The molecule has 0 amide bonds. The number of para-hydroxylation sites is 1. The summed E-state index contributed by atoms with van der Waals surface area (Å²) in [7, 11) is 0. The SMILES string of the molecule is CC(Nc1cccc(Cl)c1-n1cccn1)c1cccs1. The summed E-state index contributed by atoms with van der Waals surface area (Å²) in [4.78, 5) is 1.29. The lowest BCUT2D eigenvalue weighted by molar-refractivity contribution is 0.862.